The van der Waals surface area contributed by atoms with Crippen LogP contribution in [0.15, 0.2) is 54.1 Å². The Balaban J connectivity index is 1.99. The van der Waals surface area contributed by atoms with E-state index in [1.807, 2.05) is 57.2 Å². The number of allylic oxidation sites excluding steroid dienone is 4. The highest BCUT2D eigenvalue weighted by Gasteiger charge is 2.21. The molecule has 2 aromatic rings. The Morgan fingerprint density at radius 2 is 1.79 bits per heavy atom. The lowest BCUT2D eigenvalue weighted by Crippen LogP contribution is -2.11. The van der Waals surface area contributed by atoms with E-state index in [1.165, 1.54) is 0 Å². The van der Waals surface area contributed by atoms with Gasteiger partial charge in [0.2, 0.25) is 0 Å². The van der Waals surface area contributed by atoms with Crippen LogP contribution in [0.2, 0.25) is 0 Å². The van der Waals surface area contributed by atoms with Crippen LogP contribution in [0.5, 0.6) is 5.75 Å². The molecule has 0 aliphatic heterocycles. The second-order valence-corrected chi connectivity index (χ2v) is 6.41. The predicted molar refractivity (Wildman–Crippen MR) is 96.3 cm³/mol. The Kier molecular flexibility index (Phi) is 4.39. The number of aryl methyl sites for hydroxylation is 3. The Morgan fingerprint density at radius 3 is 2.46 bits per heavy atom. The van der Waals surface area contributed by atoms with Crippen LogP contribution < -0.4 is 0 Å². The summed E-state index contributed by atoms with van der Waals surface area (Å²) in [6.45, 7) is 5.98. The fourth-order valence-electron chi connectivity index (χ4n) is 3.42. The van der Waals surface area contributed by atoms with Gasteiger partial charge in [0.1, 0.15) is 5.75 Å². The third-order valence-corrected chi connectivity index (χ3v) is 4.45. The summed E-state index contributed by atoms with van der Waals surface area (Å²) in [7, 11) is 0. The number of Topliss-reactive ketones (excluding diaryl/α,β-unsaturated/α-hetero) is 1. The minimum atomic E-state index is -0.0961. The molecule has 24 heavy (non-hydrogen) atoms. The molecule has 2 heteroatoms. The largest absolute Gasteiger partial charge is 0.508 e. The van der Waals surface area contributed by atoms with Crippen molar-refractivity contribution in [2.75, 3.05) is 0 Å². The maximum atomic E-state index is 13.0. The Bertz CT molecular complexity index is 833. The molecule has 0 spiro atoms. The minimum Gasteiger partial charge on any atom is -0.508 e. The highest BCUT2D eigenvalue weighted by atomic mass is 16.3. The first-order valence-electron chi connectivity index (χ1n) is 8.18. The normalized spacial score (nSPS) is 16.8. The van der Waals surface area contributed by atoms with E-state index >= 15 is 0 Å². The van der Waals surface area contributed by atoms with Crippen LogP contribution in [-0.2, 0) is 0 Å². The van der Waals surface area contributed by atoms with E-state index in [0.717, 1.165) is 34.2 Å². The number of para-hydroxylation sites is 1. The standard InChI is InChI=1S/C22H21O2/c1-14-11-15(2)21(16(3)12-14)22(24)18-8-6-7-17(13-18)19-9-4-5-10-20(19)23/h4-6,8-12,17,23H,7H2,1-3H3. The van der Waals surface area contributed by atoms with Crippen LogP contribution in [0, 0.1) is 26.8 Å². The molecule has 0 saturated heterocycles. The van der Waals surface area contributed by atoms with Gasteiger partial charge in [-0.1, -0.05) is 48.0 Å². The lowest BCUT2D eigenvalue weighted by Gasteiger charge is -2.18. The van der Waals surface area contributed by atoms with E-state index in [1.54, 1.807) is 12.1 Å². The fourth-order valence-corrected chi connectivity index (χ4v) is 3.42. The van der Waals surface area contributed by atoms with Crippen LogP contribution in [-0.4, -0.2) is 10.9 Å². The highest BCUT2D eigenvalue weighted by molar-refractivity contribution is 6.12. The molecular weight excluding hydrogens is 296 g/mol. The van der Waals surface area contributed by atoms with Crippen molar-refractivity contribution in [1.82, 2.24) is 0 Å². The van der Waals surface area contributed by atoms with Crippen molar-refractivity contribution < 1.29 is 9.90 Å². The summed E-state index contributed by atoms with van der Waals surface area (Å²) >= 11 is 0. The molecule has 0 amide bonds. The number of hydrogen-bond acceptors (Lipinski definition) is 2. The van der Waals surface area contributed by atoms with Gasteiger partial charge in [0.25, 0.3) is 0 Å². The van der Waals surface area contributed by atoms with Crippen molar-refractivity contribution in [3.8, 4) is 5.75 Å². The van der Waals surface area contributed by atoms with Gasteiger partial charge in [0, 0.05) is 22.6 Å². The molecule has 1 aliphatic carbocycles. The van der Waals surface area contributed by atoms with Gasteiger partial charge in [-0.25, -0.2) is 0 Å². The van der Waals surface area contributed by atoms with Gasteiger partial charge in [0.05, 0.1) is 0 Å². The summed E-state index contributed by atoms with van der Waals surface area (Å²) in [6.07, 6.45) is 7.87. The van der Waals surface area contributed by atoms with Crippen molar-refractivity contribution >= 4 is 5.78 Å². The lowest BCUT2D eigenvalue weighted by molar-refractivity contribution is 0.103. The molecule has 1 radical (unpaired) electrons. The van der Waals surface area contributed by atoms with E-state index in [-0.39, 0.29) is 17.5 Å². The summed E-state index contributed by atoms with van der Waals surface area (Å²) in [5.41, 5.74) is 5.28. The molecule has 2 aromatic carbocycles. The molecule has 1 N–H and O–H groups in total. The van der Waals surface area contributed by atoms with Crippen molar-refractivity contribution in [2.24, 2.45) is 0 Å². The molecule has 0 fully saturated rings. The molecule has 0 aromatic heterocycles. The number of aromatic hydroxyl groups is 1. The maximum absolute atomic E-state index is 13.0. The number of phenols is 1. The number of benzene rings is 2. The second kappa shape index (κ2) is 6.48. The second-order valence-electron chi connectivity index (χ2n) is 6.41. The first-order valence-corrected chi connectivity index (χ1v) is 8.18. The fraction of sp³-hybridized carbons (Fsp3) is 0.227. The average molecular weight is 317 g/mol. The van der Waals surface area contributed by atoms with Crippen LogP contribution in [0.4, 0.5) is 0 Å². The SMILES string of the molecule is Cc1cc(C)c(C(=O)C2=[C]C(c3ccccc3O)CC=C2)c(C)c1. The summed E-state index contributed by atoms with van der Waals surface area (Å²) in [5, 5.41) is 10.1. The van der Waals surface area contributed by atoms with Crippen molar-refractivity contribution in [1.29, 1.82) is 0 Å². The molecule has 3 rings (SSSR count). The summed E-state index contributed by atoms with van der Waals surface area (Å²) in [6, 6.07) is 11.3. The number of ketones is 1. The summed E-state index contributed by atoms with van der Waals surface area (Å²) in [5.74, 6) is 0.155. The van der Waals surface area contributed by atoms with Gasteiger partial charge in [-0.3, -0.25) is 4.79 Å². The third kappa shape index (κ3) is 3.05. The van der Waals surface area contributed by atoms with Crippen LogP contribution in [0.25, 0.3) is 0 Å². The zero-order chi connectivity index (χ0) is 17.3. The average Bonchev–Trinajstić information content (AvgIpc) is 2.54. The molecular formula is C22H21O2. The Labute approximate surface area is 143 Å². The lowest BCUT2D eigenvalue weighted by atomic mass is 9.85. The van der Waals surface area contributed by atoms with E-state index < -0.39 is 0 Å². The van der Waals surface area contributed by atoms with Crippen LogP contribution in [0.3, 0.4) is 0 Å². The molecule has 0 saturated carbocycles. The Morgan fingerprint density at radius 1 is 1.12 bits per heavy atom. The van der Waals surface area contributed by atoms with Crippen LogP contribution in [0.1, 0.15) is 45.0 Å². The smallest absolute Gasteiger partial charge is 0.193 e. The molecule has 1 atom stereocenters. The van der Waals surface area contributed by atoms with E-state index in [0.29, 0.717) is 5.57 Å². The highest BCUT2D eigenvalue weighted by Crippen LogP contribution is 2.33. The van der Waals surface area contributed by atoms with Crippen molar-refractivity contribution in [3.63, 3.8) is 0 Å². The zero-order valence-corrected chi connectivity index (χ0v) is 14.3. The third-order valence-electron chi connectivity index (χ3n) is 4.45. The number of rotatable bonds is 3. The number of carbonyl (C=O) groups excluding carboxylic acids is 1. The molecule has 121 valence electrons. The molecule has 0 bridgehead atoms. The number of carbonyl (C=O) groups is 1. The molecule has 1 aliphatic rings. The van der Waals surface area contributed by atoms with Gasteiger partial charge in [0.15, 0.2) is 5.78 Å². The van der Waals surface area contributed by atoms with E-state index in [9.17, 15) is 9.90 Å². The van der Waals surface area contributed by atoms with Gasteiger partial charge < -0.3 is 5.11 Å². The van der Waals surface area contributed by atoms with Gasteiger partial charge in [-0.2, -0.15) is 0 Å². The quantitative estimate of drug-likeness (QED) is 0.811. The van der Waals surface area contributed by atoms with Gasteiger partial charge >= 0.3 is 0 Å². The van der Waals surface area contributed by atoms with E-state index in [2.05, 4.69) is 6.08 Å². The number of phenolic OH excluding ortho intramolecular Hbond substituents is 1. The topological polar surface area (TPSA) is 37.3 Å². The minimum absolute atomic E-state index is 0.00127. The molecule has 1 unspecified atom stereocenters. The Hall–Kier alpha value is -2.61. The first kappa shape index (κ1) is 16.3. The van der Waals surface area contributed by atoms with Gasteiger partial charge in [-0.15, -0.1) is 0 Å². The molecule has 2 nitrogen and oxygen atoms in total. The predicted octanol–water partition coefficient (Wildman–Crippen LogP) is 4.97. The maximum Gasteiger partial charge on any atom is 0.193 e. The summed E-state index contributed by atoms with van der Waals surface area (Å²) < 4.78 is 0. The van der Waals surface area contributed by atoms with Crippen LogP contribution >= 0.6 is 0 Å². The first-order chi connectivity index (χ1) is 11.5. The van der Waals surface area contributed by atoms with E-state index in [4.69, 9.17) is 0 Å². The monoisotopic (exact) mass is 317 g/mol. The zero-order valence-electron chi connectivity index (χ0n) is 14.3. The van der Waals surface area contributed by atoms with Crippen molar-refractivity contribution in [3.05, 3.63) is 88.0 Å². The van der Waals surface area contributed by atoms with Gasteiger partial charge in [-0.05, 0) is 50.5 Å². The molecule has 0 heterocycles. The number of hydrogen-bond donors (Lipinski definition) is 1. The summed E-state index contributed by atoms with van der Waals surface area (Å²) in [4.78, 5) is 13.0. The van der Waals surface area contributed by atoms with Crippen molar-refractivity contribution in [2.45, 2.75) is 33.1 Å².